The van der Waals surface area contributed by atoms with Gasteiger partial charge in [0, 0.05) is 16.9 Å². The molecule has 9 heteroatoms. The number of rotatable bonds is 3. The number of amides is 3. The number of benzene rings is 2. The van der Waals surface area contributed by atoms with Gasteiger partial charge in [-0.15, -0.1) is 0 Å². The fourth-order valence-corrected chi connectivity index (χ4v) is 4.79. The summed E-state index contributed by atoms with van der Waals surface area (Å²) in [5, 5.41) is 9.08. The van der Waals surface area contributed by atoms with Crippen molar-refractivity contribution in [3.63, 3.8) is 0 Å². The molecule has 6 nitrogen and oxygen atoms in total. The van der Waals surface area contributed by atoms with Gasteiger partial charge in [0.1, 0.15) is 0 Å². The molecule has 4 rings (SSSR count). The third-order valence-corrected chi connectivity index (χ3v) is 6.23. The zero-order chi connectivity index (χ0) is 23.2. The molecule has 2 atom stereocenters. The number of primary amides is 1. The van der Waals surface area contributed by atoms with Crippen LogP contribution in [-0.4, -0.2) is 24.0 Å². The zero-order valence-electron chi connectivity index (χ0n) is 17.3. The summed E-state index contributed by atoms with van der Waals surface area (Å²) in [4.78, 5) is 28.1. The maximum absolute atomic E-state index is 13.5. The van der Waals surface area contributed by atoms with Crippen LogP contribution in [0, 0.1) is 18.3 Å². The van der Waals surface area contributed by atoms with Gasteiger partial charge in [0.2, 0.25) is 5.91 Å². The number of hydrogen-bond donors (Lipinski definition) is 1. The minimum Gasteiger partial charge on any atom is -0.366 e. The number of alkyl halides is 3. The van der Waals surface area contributed by atoms with E-state index in [1.807, 2.05) is 0 Å². The molecule has 1 aliphatic heterocycles. The molecule has 3 amide bonds. The molecule has 0 bridgehead atoms. The number of nitrogens with zero attached hydrogens (tertiary/aromatic N) is 3. The summed E-state index contributed by atoms with van der Waals surface area (Å²) < 4.78 is 40.6. The first-order valence-electron chi connectivity index (χ1n) is 10.3. The Labute approximate surface area is 183 Å². The fraction of sp³-hybridized carbons (Fsp3) is 0.348. The zero-order valence-corrected chi connectivity index (χ0v) is 17.3. The van der Waals surface area contributed by atoms with Crippen LogP contribution in [0.2, 0.25) is 0 Å². The quantitative estimate of drug-likeness (QED) is 0.744. The summed E-state index contributed by atoms with van der Waals surface area (Å²) in [5.74, 6) is -0.573. The number of halogens is 3. The summed E-state index contributed by atoms with van der Waals surface area (Å²) in [6.45, 7) is 1.72. The molecule has 0 aromatic heterocycles. The Balaban J connectivity index is 1.79. The minimum absolute atomic E-state index is 0.117. The highest BCUT2D eigenvalue weighted by Crippen LogP contribution is 2.42. The Morgan fingerprint density at radius 2 is 1.62 bits per heavy atom. The van der Waals surface area contributed by atoms with E-state index in [0.29, 0.717) is 29.7 Å². The van der Waals surface area contributed by atoms with E-state index >= 15 is 0 Å². The monoisotopic (exact) mass is 442 g/mol. The number of aryl methyl sites for hydroxylation is 1. The molecule has 1 aliphatic carbocycles. The molecule has 0 spiro atoms. The van der Waals surface area contributed by atoms with Crippen molar-refractivity contribution in [1.29, 1.82) is 5.26 Å². The minimum atomic E-state index is -4.71. The Bertz CT molecular complexity index is 1140. The molecule has 2 fully saturated rings. The van der Waals surface area contributed by atoms with Crippen LogP contribution in [0.25, 0.3) is 0 Å². The SMILES string of the molecule is Cc1cc(N2C(=O)N(c3ccc(C#N)c(C(F)(F)F)c3)C3CCCCC32)ccc1C(N)=O. The first kappa shape index (κ1) is 21.7. The van der Waals surface area contributed by atoms with Crippen LogP contribution in [0.3, 0.4) is 0 Å². The van der Waals surface area contributed by atoms with Crippen LogP contribution in [0.1, 0.15) is 52.7 Å². The number of urea groups is 1. The highest BCUT2D eigenvalue weighted by Gasteiger charge is 2.48. The van der Waals surface area contributed by atoms with E-state index in [-0.39, 0.29) is 17.8 Å². The Morgan fingerprint density at radius 3 is 2.12 bits per heavy atom. The van der Waals surface area contributed by atoms with Gasteiger partial charge < -0.3 is 5.73 Å². The topological polar surface area (TPSA) is 90.4 Å². The number of nitriles is 1. The molecule has 2 aliphatic rings. The average Bonchev–Trinajstić information content (AvgIpc) is 3.04. The van der Waals surface area contributed by atoms with Crippen LogP contribution in [0.4, 0.5) is 29.3 Å². The lowest BCUT2D eigenvalue weighted by Crippen LogP contribution is -2.40. The van der Waals surface area contributed by atoms with E-state index < -0.39 is 29.2 Å². The van der Waals surface area contributed by atoms with Crippen molar-refractivity contribution in [2.24, 2.45) is 5.73 Å². The molecule has 2 aromatic carbocycles. The molecule has 166 valence electrons. The van der Waals surface area contributed by atoms with Gasteiger partial charge in [-0.2, -0.15) is 18.4 Å². The summed E-state index contributed by atoms with van der Waals surface area (Å²) in [5.41, 5.74) is 5.49. The molecule has 32 heavy (non-hydrogen) atoms. The van der Waals surface area contributed by atoms with Gasteiger partial charge in [-0.25, -0.2) is 4.79 Å². The van der Waals surface area contributed by atoms with Crippen LogP contribution < -0.4 is 15.5 Å². The number of fused-ring (bicyclic) bond motifs is 1. The maximum atomic E-state index is 13.5. The molecule has 0 radical (unpaired) electrons. The summed E-state index contributed by atoms with van der Waals surface area (Å²) in [6, 6.07) is 8.93. The van der Waals surface area contributed by atoms with Crippen molar-refractivity contribution < 1.29 is 22.8 Å². The molecule has 1 saturated carbocycles. The van der Waals surface area contributed by atoms with Gasteiger partial charge in [-0.1, -0.05) is 12.8 Å². The molecule has 1 heterocycles. The van der Waals surface area contributed by atoms with Crippen molar-refractivity contribution in [3.8, 4) is 6.07 Å². The number of anilines is 2. The Morgan fingerprint density at radius 1 is 1.06 bits per heavy atom. The first-order chi connectivity index (χ1) is 15.1. The largest absolute Gasteiger partial charge is 0.417 e. The Hall–Kier alpha value is -3.54. The van der Waals surface area contributed by atoms with Gasteiger partial charge in [0.25, 0.3) is 0 Å². The van der Waals surface area contributed by atoms with E-state index in [4.69, 9.17) is 11.0 Å². The van der Waals surface area contributed by atoms with Gasteiger partial charge in [-0.05, 0) is 61.7 Å². The normalized spacial score (nSPS) is 20.8. The van der Waals surface area contributed by atoms with Gasteiger partial charge in [0.15, 0.2) is 0 Å². The highest BCUT2D eigenvalue weighted by molar-refractivity contribution is 6.08. The summed E-state index contributed by atoms with van der Waals surface area (Å²) in [6.07, 6.45) is -1.57. The van der Waals surface area contributed by atoms with Crippen LogP contribution in [0.5, 0.6) is 0 Å². The summed E-state index contributed by atoms with van der Waals surface area (Å²) in [7, 11) is 0. The fourth-order valence-electron chi connectivity index (χ4n) is 4.79. The second kappa shape index (κ2) is 7.86. The number of carbonyl (C=O) groups excluding carboxylic acids is 2. The van der Waals surface area contributed by atoms with Crippen LogP contribution >= 0.6 is 0 Å². The van der Waals surface area contributed by atoms with Crippen molar-refractivity contribution >= 4 is 23.3 Å². The molecule has 2 unspecified atom stereocenters. The molecule has 2 aromatic rings. The van der Waals surface area contributed by atoms with E-state index in [0.717, 1.165) is 25.0 Å². The van der Waals surface area contributed by atoms with E-state index in [1.165, 1.54) is 11.0 Å². The first-order valence-corrected chi connectivity index (χ1v) is 10.3. The number of nitrogens with two attached hydrogens (primary N) is 1. The van der Waals surface area contributed by atoms with Crippen LogP contribution in [0.15, 0.2) is 36.4 Å². The van der Waals surface area contributed by atoms with Crippen molar-refractivity contribution in [2.75, 3.05) is 9.80 Å². The van der Waals surface area contributed by atoms with Gasteiger partial charge in [0.05, 0.1) is 29.3 Å². The smallest absolute Gasteiger partial charge is 0.366 e. The Kier molecular flexibility index (Phi) is 5.33. The standard InChI is InChI=1S/C23H21F3N4O2/c1-13-10-15(8-9-17(13)21(28)31)29-19-4-2-3-5-20(19)30(22(29)32)16-7-6-14(12-27)18(11-16)23(24,25)26/h6-11,19-20H,2-5H2,1H3,(H2,28,31). The number of carbonyl (C=O) groups is 2. The van der Waals surface area contributed by atoms with E-state index in [2.05, 4.69) is 0 Å². The van der Waals surface area contributed by atoms with Crippen molar-refractivity contribution in [3.05, 3.63) is 58.7 Å². The predicted molar refractivity (Wildman–Crippen MR) is 112 cm³/mol. The lowest BCUT2D eigenvalue weighted by atomic mass is 9.89. The second-order valence-corrected chi connectivity index (χ2v) is 8.14. The maximum Gasteiger partial charge on any atom is 0.417 e. The van der Waals surface area contributed by atoms with E-state index in [9.17, 15) is 22.8 Å². The van der Waals surface area contributed by atoms with Gasteiger partial charge >= 0.3 is 12.2 Å². The van der Waals surface area contributed by atoms with Crippen molar-refractivity contribution in [1.82, 2.24) is 0 Å². The summed E-state index contributed by atoms with van der Waals surface area (Å²) >= 11 is 0. The van der Waals surface area contributed by atoms with Crippen molar-refractivity contribution in [2.45, 2.75) is 50.9 Å². The molecular weight excluding hydrogens is 421 g/mol. The number of hydrogen-bond acceptors (Lipinski definition) is 3. The predicted octanol–water partition coefficient (Wildman–Crippen LogP) is 4.74. The van der Waals surface area contributed by atoms with E-state index in [1.54, 1.807) is 36.1 Å². The molecular formula is C23H21F3N4O2. The average molecular weight is 442 g/mol. The third-order valence-electron chi connectivity index (χ3n) is 6.23. The third kappa shape index (κ3) is 3.55. The highest BCUT2D eigenvalue weighted by atomic mass is 19.4. The van der Waals surface area contributed by atoms with Crippen LogP contribution in [-0.2, 0) is 6.18 Å². The molecule has 1 saturated heterocycles. The second-order valence-electron chi connectivity index (χ2n) is 8.14. The lowest BCUT2D eigenvalue weighted by molar-refractivity contribution is -0.137. The lowest BCUT2D eigenvalue weighted by Gasteiger charge is -2.32. The van der Waals surface area contributed by atoms with Gasteiger partial charge in [-0.3, -0.25) is 14.6 Å². The molecule has 2 N–H and O–H groups in total.